The number of ether oxygens (including phenoxy) is 5. The molecule has 4 heterocycles. The highest BCUT2D eigenvalue weighted by Crippen LogP contribution is 2.48. The largest absolute Gasteiger partial charge is 0.462 e. The maximum absolute atomic E-state index is 14.1. The molecule has 5 aliphatic rings. The summed E-state index contributed by atoms with van der Waals surface area (Å²) < 4.78 is 31.3. The fourth-order valence-corrected chi connectivity index (χ4v) is 7.67. The molecule has 0 aromatic rings. The van der Waals surface area contributed by atoms with E-state index in [2.05, 4.69) is 6.92 Å². The van der Waals surface area contributed by atoms with E-state index in [0.717, 1.165) is 16.7 Å². The lowest BCUT2D eigenvalue weighted by atomic mass is 9.70. The Balaban J connectivity index is 1.57. The third-order valence-corrected chi connectivity index (χ3v) is 10.4. The Hall–Kier alpha value is -2.11. The number of esters is 1. The maximum atomic E-state index is 14.1. The van der Waals surface area contributed by atoms with Crippen molar-refractivity contribution in [2.24, 2.45) is 17.8 Å². The van der Waals surface area contributed by atoms with Gasteiger partial charge in [-0.3, -0.25) is 4.79 Å². The molecule has 44 heavy (non-hydrogen) atoms. The van der Waals surface area contributed by atoms with E-state index < -0.39 is 59.9 Å². The van der Waals surface area contributed by atoms with Gasteiger partial charge >= 0.3 is 5.97 Å². The first-order valence-corrected chi connectivity index (χ1v) is 16.0. The molecule has 4 aliphatic heterocycles. The molecule has 1 spiro atoms. The molecule has 9 nitrogen and oxygen atoms in total. The zero-order valence-corrected chi connectivity index (χ0v) is 27.1. The summed E-state index contributed by atoms with van der Waals surface area (Å²) in [4.78, 5) is 14.1. The highest BCUT2D eigenvalue weighted by atomic mass is 16.7. The van der Waals surface area contributed by atoms with Crippen LogP contribution in [0.25, 0.3) is 0 Å². The van der Waals surface area contributed by atoms with Gasteiger partial charge in [0.1, 0.15) is 35.9 Å². The van der Waals surface area contributed by atoms with Gasteiger partial charge in [0.05, 0.1) is 24.9 Å². The number of carbonyl (C=O) groups is 1. The summed E-state index contributed by atoms with van der Waals surface area (Å²) in [5, 5.41) is 34.9. The van der Waals surface area contributed by atoms with Gasteiger partial charge in [-0.1, -0.05) is 50.3 Å². The van der Waals surface area contributed by atoms with Crippen LogP contribution in [0.4, 0.5) is 0 Å². The predicted octanol–water partition coefficient (Wildman–Crippen LogP) is 4.08. The molecule has 0 radical (unpaired) electrons. The van der Waals surface area contributed by atoms with Gasteiger partial charge in [-0.15, -0.1) is 0 Å². The van der Waals surface area contributed by atoms with Gasteiger partial charge in [0.15, 0.2) is 5.79 Å². The summed E-state index contributed by atoms with van der Waals surface area (Å²) >= 11 is 0. The summed E-state index contributed by atoms with van der Waals surface area (Å²) in [7, 11) is 1.56. The predicted molar refractivity (Wildman–Crippen MR) is 164 cm³/mol. The Morgan fingerprint density at radius 2 is 1.86 bits per heavy atom. The van der Waals surface area contributed by atoms with E-state index in [-0.39, 0.29) is 31.0 Å². The van der Waals surface area contributed by atoms with Crippen LogP contribution < -0.4 is 0 Å². The molecule has 3 fully saturated rings. The van der Waals surface area contributed by atoms with Crippen molar-refractivity contribution >= 4 is 5.97 Å². The highest BCUT2D eigenvalue weighted by molar-refractivity contribution is 5.78. The molecule has 0 aromatic carbocycles. The minimum absolute atomic E-state index is 0.0667. The average Bonchev–Trinajstić information content (AvgIpc) is 3.32. The van der Waals surface area contributed by atoms with Crippen LogP contribution in [-0.4, -0.2) is 89.1 Å². The summed E-state index contributed by atoms with van der Waals surface area (Å²) in [6, 6.07) is 0. The van der Waals surface area contributed by atoms with Gasteiger partial charge in [-0.25, -0.2) is 0 Å². The lowest BCUT2D eigenvalue weighted by Gasteiger charge is -2.52. The lowest BCUT2D eigenvalue weighted by Crippen LogP contribution is -2.62. The van der Waals surface area contributed by atoms with Crippen molar-refractivity contribution in [1.29, 1.82) is 0 Å². The molecule has 0 saturated carbocycles. The second-order valence-electron chi connectivity index (χ2n) is 13.5. The third-order valence-electron chi connectivity index (χ3n) is 10.4. The van der Waals surface area contributed by atoms with Gasteiger partial charge < -0.3 is 39.0 Å². The van der Waals surface area contributed by atoms with E-state index in [1.165, 1.54) is 0 Å². The Morgan fingerprint density at radius 3 is 2.57 bits per heavy atom. The van der Waals surface area contributed by atoms with Crippen LogP contribution in [0.1, 0.15) is 67.2 Å². The number of methoxy groups -OCH3 is 1. The fraction of sp³-hybridized carbons (Fsp3) is 0.686. The van der Waals surface area contributed by atoms with Gasteiger partial charge in [-0.2, -0.15) is 0 Å². The first-order valence-electron chi connectivity index (χ1n) is 16.0. The number of rotatable bonds is 2. The number of aliphatic hydroxyl groups excluding tert-OH is 2. The topological polar surface area (TPSA) is 124 Å². The standard InChI is InChI=1S/C35H50O9/c1-8-19(2)30-23(6)15-28(36)34(44-30)17-26-16-25(43-34)13-12-21(4)29(37)20(3)10-9-11-24-18-41-32-31(40-7)22(5)14-27(33(38)42-26)35(24,32)39/h8-12,14,20,23,25-32,36-37,39H,13,15-18H2,1-7H3/b10-9?,19-8+,21-12?,24-11?/t20-,23-,25+,26-,27-,28+,29+,30+,31+,32+,34-,35+/m0/s1. The lowest BCUT2D eigenvalue weighted by molar-refractivity contribution is -0.363. The van der Waals surface area contributed by atoms with Crippen molar-refractivity contribution < 1.29 is 43.8 Å². The molecule has 12 atom stereocenters. The monoisotopic (exact) mass is 614 g/mol. The third kappa shape index (κ3) is 5.93. The molecular formula is C35H50O9. The van der Waals surface area contributed by atoms with Crippen molar-refractivity contribution in [2.45, 2.75) is 121 Å². The van der Waals surface area contributed by atoms with Gasteiger partial charge in [0.2, 0.25) is 0 Å². The summed E-state index contributed by atoms with van der Waals surface area (Å²) in [5.41, 5.74) is 1.46. The smallest absolute Gasteiger partial charge is 0.316 e. The van der Waals surface area contributed by atoms with E-state index in [1.54, 1.807) is 25.3 Å². The molecule has 1 aliphatic carbocycles. The Labute approximate surface area is 261 Å². The quantitative estimate of drug-likeness (QED) is 0.312. The SMILES string of the molecule is C/C=C(\C)[C@H]1O[C@@]2(C[C@@H]3C[C@@H](CC=C(C)[C@H](O)[C@@H](C)C=CC=C4CO[C@@H]5[C@H](OC)C(C)=C[C@@H](C(=O)O3)[C@]45O)O2)[C@H](O)C[C@@H]1C. The summed E-state index contributed by atoms with van der Waals surface area (Å²) in [6.45, 7) is 11.8. The molecular weight excluding hydrogens is 564 g/mol. The van der Waals surface area contributed by atoms with Crippen LogP contribution in [0.3, 0.4) is 0 Å². The number of hydrogen-bond donors (Lipinski definition) is 3. The molecule has 5 rings (SSSR count). The van der Waals surface area contributed by atoms with Gasteiger partial charge in [0.25, 0.3) is 0 Å². The first kappa shape index (κ1) is 33.3. The van der Waals surface area contributed by atoms with Crippen molar-refractivity contribution in [1.82, 2.24) is 0 Å². The van der Waals surface area contributed by atoms with Gasteiger partial charge in [0, 0.05) is 25.9 Å². The van der Waals surface area contributed by atoms with Crippen LogP contribution in [0.2, 0.25) is 0 Å². The summed E-state index contributed by atoms with van der Waals surface area (Å²) in [6.07, 6.45) is 8.23. The number of fused-ring (bicyclic) bond motifs is 2. The van der Waals surface area contributed by atoms with Crippen LogP contribution in [-0.2, 0) is 28.5 Å². The van der Waals surface area contributed by atoms with Gasteiger partial charge in [-0.05, 0) is 68.7 Å². The Kier molecular flexibility index (Phi) is 9.79. The zero-order chi connectivity index (χ0) is 32.0. The molecule has 0 aromatic heterocycles. The minimum Gasteiger partial charge on any atom is -0.462 e. The van der Waals surface area contributed by atoms with E-state index in [4.69, 9.17) is 23.7 Å². The van der Waals surface area contributed by atoms with Crippen molar-refractivity contribution in [3.63, 3.8) is 0 Å². The normalized spacial score (nSPS) is 45.3. The van der Waals surface area contributed by atoms with Crippen molar-refractivity contribution in [2.75, 3.05) is 13.7 Å². The van der Waals surface area contributed by atoms with Crippen LogP contribution >= 0.6 is 0 Å². The highest BCUT2D eigenvalue weighted by Gasteiger charge is 2.61. The maximum Gasteiger partial charge on any atom is 0.316 e. The Morgan fingerprint density at radius 1 is 1.11 bits per heavy atom. The van der Waals surface area contributed by atoms with Crippen LogP contribution in [0.5, 0.6) is 0 Å². The molecule has 0 amide bonds. The number of hydrogen-bond acceptors (Lipinski definition) is 9. The van der Waals surface area contributed by atoms with E-state index in [0.29, 0.717) is 24.8 Å². The molecule has 3 N–H and O–H groups in total. The van der Waals surface area contributed by atoms with E-state index >= 15 is 0 Å². The molecule has 2 bridgehead atoms. The second-order valence-corrected chi connectivity index (χ2v) is 13.5. The Bertz CT molecular complexity index is 1250. The first-order chi connectivity index (χ1) is 20.8. The van der Waals surface area contributed by atoms with Crippen LogP contribution in [0, 0.1) is 17.8 Å². The average molecular weight is 615 g/mol. The summed E-state index contributed by atoms with van der Waals surface area (Å²) in [5.74, 6) is -3.14. The van der Waals surface area contributed by atoms with Crippen molar-refractivity contribution in [3.8, 4) is 0 Å². The number of aliphatic hydroxyl groups is 3. The fourth-order valence-electron chi connectivity index (χ4n) is 7.67. The van der Waals surface area contributed by atoms with E-state index in [9.17, 15) is 20.1 Å². The van der Waals surface area contributed by atoms with E-state index in [1.807, 2.05) is 52.8 Å². The minimum atomic E-state index is -1.69. The van der Waals surface area contributed by atoms with Crippen LogP contribution in [0.15, 0.2) is 58.7 Å². The second kappa shape index (κ2) is 12.9. The zero-order valence-electron chi connectivity index (χ0n) is 27.1. The number of allylic oxidation sites excluding steroid dienone is 3. The molecule has 0 unspecified atom stereocenters. The molecule has 3 saturated heterocycles. The number of carbonyl (C=O) groups excluding carboxylic acids is 1. The molecule has 9 heteroatoms. The van der Waals surface area contributed by atoms with Crippen molar-refractivity contribution in [3.05, 3.63) is 58.7 Å². The molecule has 244 valence electrons.